The summed E-state index contributed by atoms with van der Waals surface area (Å²) in [5.74, 6) is 0. The van der Waals surface area contributed by atoms with Gasteiger partial charge in [0, 0.05) is 27.2 Å². The van der Waals surface area contributed by atoms with Crippen molar-refractivity contribution in [2.24, 2.45) is 0 Å². The third kappa shape index (κ3) is 2.88. The van der Waals surface area contributed by atoms with Gasteiger partial charge >= 0.3 is 0 Å². The molecule has 0 radical (unpaired) electrons. The summed E-state index contributed by atoms with van der Waals surface area (Å²) < 4.78 is 8.39. The summed E-state index contributed by atoms with van der Waals surface area (Å²) in [5, 5.41) is 4.93. The lowest BCUT2D eigenvalue weighted by Gasteiger charge is -2.09. The molecule has 0 saturated heterocycles. The molecule has 0 bridgehead atoms. The molecule has 156 valence electrons. The standard InChI is InChI=1S/C31H21NO/c1-2-8-23(9-3-1)32-28-12-6-4-10-24(28)25-16-14-22(20-29(25)32)18-21-15-17-31-27(19-21)26-11-5-7-13-30(26)33-31/h1-17,19-20H,18H2. The molecule has 0 unspecified atom stereocenters. The Morgan fingerprint density at radius 3 is 2.06 bits per heavy atom. The van der Waals surface area contributed by atoms with Crippen molar-refractivity contribution in [1.29, 1.82) is 0 Å². The maximum atomic E-state index is 6.01. The van der Waals surface area contributed by atoms with E-state index in [0.717, 1.165) is 17.6 Å². The van der Waals surface area contributed by atoms with Crippen molar-refractivity contribution in [1.82, 2.24) is 4.57 Å². The third-order valence-corrected chi connectivity index (χ3v) is 6.60. The first kappa shape index (κ1) is 18.3. The zero-order valence-electron chi connectivity index (χ0n) is 18.0. The fourth-order valence-electron chi connectivity index (χ4n) is 5.10. The van der Waals surface area contributed by atoms with Crippen LogP contribution in [0.2, 0.25) is 0 Å². The van der Waals surface area contributed by atoms with Gasteiger partial charge in [-0.1, -0.05) is 72.8 Å². The summed E-state index contributed by atoms with van der Waals surface area (Å²) in [6.07, 6.45) is 0.877. The van der Waals surface area contributed by atoms with Gasteiger partial charge in [-0.15, -0.1) is 0 Å². The lowest BCUT2D eigenvalue weighted by Crippen LogP contribution is -1.94. The molecule has 0 aliphatic heterocycles. The molecule has 2 heteroatoms. The van der Waals surface area contributed by atoms with Crippen LogP contribution in [0.15, 0.2) is 120 Å². The van der Waals surface area contributed by atoms with E-state index in [4.69, 9.17) is 4.42 Å². The Hall–Kier alpha value is -4.30. The van der Waals surface area contributed by atoms with E-state index in [9.17, 15) is 0 Å². The molecule has 0 amide bonds. The van der Waals surface area contributed by atoms with Crippen molar-refractivity contribution in [3.8, 4) is 5.69 Å². The number of benzene rings is 5. The summed E-state index contributed by atoms with van der Waals surface area (Å²) in [5.41, 5.74) is 8.15. The Kier molecular flexibility index (Phi) is 3.94. The molecule has 0 spiro atoms. The van der Waals surface area contributed by atoms with Gasteiger partial charge in [-0.3, -0.25) is 0 Å². The fraction of sp³-hybridized carbons (Fsp3) is 0.0323. The number of hydrogen-bond acceptors (Lipinski definition) is 1. The molecule has 0 N–H and O–H groups in total. The number of hydrogen-bond donors (Lipinski definition) is 0. The van der Waals surface area contributed by atoms with Crippen LogP contribution in [0.4, 0.5) is 0 Å². The maximum absolute atomic E-state index is 6.01. The highest BCUT2D eigenvalue weighted by molar-refractivity contribution is 6.09. The third-order valence-electron chi connectivity index (χ3n) is 6.60. The predicted molar refractivity (Wildman–Crippen MR) is 137 cm³/mol. The summed E-state index contributed by atoms with van der Waals surface area (Å²) in [7, 11) is 0. The smallest absolute Gasteiger partial charge is 0.135 e. The number of rotatable bonds is 3. The van der Waals surface area contributed by atoms with E-state index in [-0.39, 0.29) is 0 Å². The topological polar surface area (TPSA) is 18.1 Å². The van der Waals surface area contributed by atoms with Gasteiger partial charge < -0.3 is 8.98 Å². The summed E-state index contributed by atoms with van der Waals surface area (Å²) >= 11 is 0. The minimum Gasteiger partial charge on any atom is -0.456 e. The molecule has 5 aromatic carbocycles. The molecule has 2 heterocycles. The molecule has 2 aromatic heterocycles. The van der Waals surface area contributed by atoms with Gasteiger partial charge in [0.15, 0.2) is 0 Å². The van der Waals surface area contributed by atoms with Crippen LogP contribution in [0.25, 0.3) is 49.4 Å². The van der Waals surface area contributed by atoms with E-state index >= 15 is 0 Å². The minimum absolute atomic E-state index is 0.877. The Balaban J connectivity index is 1.38. The van der Waals surface area contributed by atoms with Gasteiger partial charge in [-0.2, -0.15) is 0 Å². The maximum Gasteiger partial charge on any atom is 0.135 e. The van der Waals surface area contributed by atoms with Crippen molar-refractivity contribution in [2.75, 3.05) is 0 Å². The van der Waals surface area contributed by atoms with Gasteiger partial charge in [-0.25, -0.2) is 0 Å². The molecule has 0 atom stereocenters. The molecule has 0 aliphatic rings. The largest absolute Gasteiger partial charge is 0.456 e. The van der Waals surface area contributed by atoms with E-state index in [1.54, 1.807) is 0 Å². The lowest BCUT2D eigenvalue weighted by molar-refractivity contribution is 0.669. The highest BCUT2D eigenvalue weighted by Crippen LogP contribution is 2.34. The van der Waals surface area contributed by atoms with Gasteiger partial charge in [-0.05, 0) is 60.0 Å². The molecule has 0 saturated carbocycles. The van der Waals surface area contributed by atoms with E-state index in [1.165, 1.54) is 49.4 Å². The van der Waals surface area contributed by atoms with Crippen LogP contribution in [0, 0.1) is 0 Å². The number of furan rings is 1. The molecule has 0 aliphatic carbocycles. The summed E-state index contributed by atoms with van der Waals surface area (Å²) in [6, 6.07) is 41.0. The van der Waals surface area contributed by atoms with Gasteiger partial charge in [0.05, 0.1) is 11.0 Å². The van der Waals surface area contributed by atoms with E-state index in [1.807, 2.05) is 12.1 Å². The fourth-order valence-corrected chi connectivity index (χ4v) is 5.10. The molecular formula is C31H21NO. The zero-order valence-corrected chi connectivity index (χ0v) is 18.0. The second-order valence-corrected chi connectivity index (χ2v) is 8.65. The second-order valence-electron chi connectivity index (χ2n) is 8.65. The summed E-state index contributed by atoms with van der Waals surface area (Å²) in [4.78, 5) is 0. The average molecular weight is 424 g/mol. The average Bonchev–Trinajstić information content (AvgIpc) is 3.40. The van der Waals surface area contributed by atoms with Gasteiger partial charge in [0.2, 0.25) is 0 Å². The Morgan fingerprint density at radius 1 is 0.485 bits per heavy atom. The number of aromatic nitrogens is 1. The van der Waals surface area contributed by atoms with Crippen LogP contribution < -0.4 is 0 Å². The van der Waals surface area contributed by atoms with Crippen LogP contribution in [-0.2, 0) is 6.42 Å². The molecule has 7 rings (SSSR count). The highest BCUT2D eigenvalue weighted by Gasteiger charge is 2.13. The first-order chi connectivity index (χ1) is 16.3. The lowest BCUT2D eigenvalue weighted by atomic mass is 10.0. The molecule has 7 aromatic rings. The SMILES string of the molecule is c1ccc(-n2c3ccccc3c3ccc(Cc4ccc5oc6ccccc6c5c4)cc32)cc1. The van der Waals surface area contributed by atoms with E-state index in [2.05, 4.69) is 108 Å². The predicted octanol–water partition coefficient (Wildman–Crippen LogP) is 8.27. The number of nitrogens with zero attached hydrogens (tertiary/aromatic N) is 1. The molecule has 33 heavy (non-hydrogen) atoms. The first-order valence-electron chi connectivity index (χ1n) is 11.3. The minimum atomic E-state index is 0.877. The van der Waals surface area contributed by atoms with E-state index < -0.39 is 0 Å². The highest BCUT2D eigenvalue weighted by atomic mass is 16.3. The van der Waals surface area contributed by atoms with E-state index in [0.29, 0.717) is 0 Å². The Labute approximate surface area is 191 Å². The quantitative estimate of drug-likeness (QED) is 0.280. The van der Waals surface area contributed by atoms with Crippen LogP contribution in [0.5, 0.6) is 0 Å². The first-order valence-corrected chi connectivity index (χ1v) is 11.3. The Morgan fingerprint density at radius 2 is 1.15 bits per heavy atom. The second kappa shape index (κ2) is 7.11. The zero-order chi connectivity index (χ0) is 21.8. The molecule has 0 fully saturated rings. The van der Waals surface area contributed by atoms with Crippen LogP contribution >= 0.6 is 0 Å². The Bertz CT molecular complexity index is 1790. The number of fused-ring (bicyclic) bond motifs is 6. The van der Waals surface area contributed by atoms with Crippen molar-refractivity contribution in [3.63, 3.8) is 0 Å². The van der Waals surface area contributed by atoms with Gasteiger partial charge in [0.1, 0.15) is 11.2 Å². The van der Waals surface area contributed by atoms with Crippen molar-refractivity contribution < 1.29 is 4.42 Å². The monoisotopic (exact) mass is 423 g/mol. The number of para-hydroxylation sites is 3. The normalized spacial score (nSPS) is 11.8. The van der Waals surface area contributed by atoms with Gasteiger partial charge in [0.25, 0.3) is 0 Å². The van der Waals surface area contributed by atoms with Crippen molar-refractivity contribution in [3.05, 3.63) is 126 Å². The van der Waals surface area contributed by atoms with Crippen LogP contribution in [0.1, 0.15) is 11.1 Å². The van der Waals surface area contributed by atoms with Crippen LogP contribution in [-0.4, -0.2) is 4.57 Å². The summed E-state index contributed by atoms with van der Waals surface area (Å²) in [6.45, 7) is 0. The van der Waals surface area contributed by atoms with Crippen molar-refractivity contribution in [2.45, 2.75) is 6.42 Å². The van der Waals surface area contributed by atoms with Crippen molar-refractivity contribution >= 4 is 43.7 Å². The van der Waals surface area contributed by atoms with Crippen LogP contribution in [0.3, 0.4) is 0 Å². The molecule has 2 nitrogen and oxygen atoms in total. The molecular weight excluding hydrogens is 402 g/mol.